The van der Waals surface area contributed by atoms with Crippen molar-refractivity contribution in [1.29, 1.82) is 0 Å². The van der Waals surface area contributed by atoms with E-state index in [1.54, 1.807) is 13.8 Å². The number of nitrogens with one attached hydrogen (secondary N) is 1. The van der Waals surface area contributed by atoms with Crippen molar-refractivity contribution in [3.63, 3.8) is 0 Å². The first kappa shape index (κ1) is 23.2. The van der Waals surface area contributed by atoms with Crippen LogP contribution in [0.5, 0.6) is 0 Å². The van der Waals surface area contributed by atoms with E-state index in [-0.39, 0.29) is 18.4 Å². The van der Waals surface area contributed by atoms with Crippen LogP contribution >= 0.6 is 7.37 Å². The number of rotatable bonds is 9. The van der Waals surface area contributed by atoms with Crippen molar-refractivity contribution in [2.75, 3.05) is 13.8 Å². The normalized spacial score (nSPS) is 15.7. The van der Waals surface area contributed by atoms with Crippen molar-refractivity contribution in [1.82, 2.24) is 5.32 Å². The van der Waals surface area contributed by atoms with Crippen LogP contribution in [0.2, 0.25) is 0 Å². The molecule has 7 nitrogen and oxygen atoms in total. The summed E-state index contributed by atoms with van der Waals surface area (Å²) in [6.45, 7) is 8.67. The second-order valence-corrected chi connectivity index (χ2v) is 9.68. The van der Waals surface area contributed by atoms with E-state index < -0.39 is 31.3 Å². The zero-order valence-corrected chi connectivity index (χ0v) is 17.7. The van der Waals surface area contributed by atoms with E-state index in [0.29, 0.717) is 0 Å². The maximum atomic E-state index is 13.2. The molecule has 0 heterocycles. The van der Waals surface area contributed by atoms with Crippen molar-refractivity contribution < 1.29 is 28.2 Å². The van der Waals surface area contributed by atoms with Crippen molar-refractivity contribution in [2.45, 2.75) is 46.2 Å². The summed E-state index contributed by atoms with van der Waals surface area (Å²) in [7, 11) is -2.15. The summed E-state index contributed by atoms with van der Waals surface area (Å²) in [4.78, 5) is 24.1. The van der Waals surface area contributed by atoms with Gasteiger partial charge in [-0.1, -0.05) is 58.0 Å². The number of ether oxygens (including phenoxy) is 2. The number of methoxy groups -OCH3 is 1. The molecule has 1 aromatic carbocycles. The Hall–Kier alpha value is -1.85. The van der Waals surface area contributed by atoms with Crippen LogP contribution in [0.4, 0.5) is 4.79 Å². The fraction of sp³-hybridized carbons (Fsp3) is 0.579. The Morgan fingerprint density at radius 1 is 1.07 bits per heavy atom. The minimum atomic E-state index is -3.40. The molecular weight excluding hydrogens is 369 g/mol. The summed E-state index contributed by atoms with van der Waals surface area (Å²) >= 11 is 0. The second kappa shape index (κ2) is 10.5. The SMILES string of the molecule is COC(=O)[C@@H](OP(C)(=O)[C@@H](NC(=O)OCc1ccccc1)C(C)C)C(C)C. The Bertz CT molecular complexity index is 661. The van der Waals surface area contributed by atoms with Crippen LogP contribution < -0.4 is 5.32 Å². The molecule has 0 bridgehead atoms. The highest BCUT2D eigenvalue weighted by molar-refractivity contribution is 7.59. The van der Waals surface area contributed by atoms with Gasteiger partial charge in [0.15, 0.2) is 6.10 Å². The zero-order chi connectivity index (χ0) is 20.6. The number of hydrogen-bond acceptors (Lipinski definition) is 6. The van der Waals surface area contributed by atoms with Gasteiger partial charge < -0.3 is 19.3 Å². The van der Waals surface area contributed by atoms with Gasteiger partial charge in [-0.25, -0.2) is 9.59 Å². The summed E-state index contributed by atoms with van der Waals surface area (Å²) < 4.78 is 28.8. The van der Waals surface area contributed by atoms with Gasteiger partial charge in [0.25, 0.3) is 0 Å². The van der Waals surface area contributed by atoms with Crippen molar-refractivity contribution in [3.05, 3.63) is 35.9 Å². The van der Waals surface area contributed by atoms with E-state index in [1.807, 2.05) is 44.2 Å². The second-order valence-electron chi connectivity index (χ2n) is 7.10. The van der Waals surface area contributed by atoms with Crippen LogP contribution in [0.15, 0.2) is 30.3 Å². The number of alkyl carbamates (subject to hydrolysis) is 1. The lowest BCUT2D eigenvalue weighted by Gasteiger charge is -2.31. The molecule has 0 aromatic heterocycles. The molecule has 27 heavy (non-hydrogen) atoms. The van der Waals surface area contributed by atoms with E-state index in [2.05, 4.69) is 5.32 Å². The molecule has 0 saturated carbocycles. The number of esters is 1. The Morgan fingerprint density at radius 2 is 1.67 bits per heavy atom. The van der Waals surface area contributed by atoms with Crippen molar-refractivity contribution in [2.24, 2.45) is 11.8 Å². The summed E-state index contributed by atoms with van der Waals surface area (Å²) in [6, 6.07) is 9.24. The van der Waals surface area contributed by atoms with E-state index >= 15 is 0 Å². The van der Waals surface area contributed by atoms with E-state index in [9.17, 15) is 14.2 Å². The maximum Gasteiger partial charge on any atom is 0.408 e. The fourth-order valence-electron chi connectivity index (χ4n) is 2.56. The van der Waals surface area contributed by atoms with Crippen LogP contribution in [0.3, 0.4) is 0 Å². The highest BCUT2D eigenvalue weighted by Crippen LogP contribution is 2.51. The Balaban J connectivity index is 2.81. The summed E-state index contributed by atoms with van der Waals surface area (Å²) in [6.07, 6.45) is -1.67. The highest BCUT2D eigenvalue weighted by atomic mass is 31.2. The van der Waals surface area contributed by atoms with Crippen LogP contribution in [0.25, 0.3) is 0 Å². The third-order valence-corrected chi connectivity index (χ3v) is 6.36. The molecule has 0 aliphatic heterocycles. The molecule has 1 amide bonds. The van der Waals surface area contributed by atoms with E-state index in [1.165, 1.54) is 13.8 Å². The van der Waals surface area contributed by atoms with Crippen LogP contribution in [0.1, 0.15) is 33.3 Å². The molecular formula is C19H30NO6P. The van der Waals surface area contributed by atoms with Gasteiger partial charge in [0.2, 0.25) is 7.37 Å². The molecule has 1 N–H and O–H groups in total. The van der Waals surface area contributed by atoms with Gasteiger partial charge in [-0.15, -0.1) is 0 Å². The molecule has 1 aromatic rings. The maximum absolute atomic E-state index is 13.2. The average molecular weight is 399 g/mol. The molecule has 0 aliphatic rings. The lowest BCUT2D eigenvalue weighted by Crippen LogP contribution is -2.41. The lowest BCUT2D eigenvalue weighted by molar-refractivity contribution is -0.150. The topological polar surface area (TPSA) is 90.9 Å². The van der Waals surface area contributed by atoms with Crippen molar-refractivity contribution in [3.8, 4) is 0 Å². The molecule has 0 spiro atoms. The Kier molecular flexibility index (Phi) is 9.00. The predicted molar refractivity (Wildman–Crippen MR) is 104 cm³/mol. The molecule has 0 saturated heterocycles. The number of amides is 1. The predicted octanol–water partition coefficient (Wildman–Crippen LogP) is 4.02. The van der Waals surface area contributed by atoms with Gasteiger partial charge >= 0.3 is 12.1 Å². The largest absolute Gasteiger partial charge is 0.467 e. The number of carbonyl (C=O) groups excluding carboxylic acids is 2. The van der Waals surface area contributed by atoms with E-state index in [0.717, 1.165) is 5.56 Å². The summed E-state index contributed by atoms with van der Waals surface area (Å²) in [5, 5.41) is 2.63. The van der Waals surface area contributed by atoms with Crippen LogP contribution in [0, 0.1) is 11.8 Å². The van der Waals surface area contributed by atoms with Crippen LogP contribution in [-0.4, -0.2) is 37.7 Å². The van der Waals surface area contributed by atoms with Gasteiger partial charge in [0.1, 0.15) is 12.4 Å². The number of hydrogen-bond donors (Lipinski definition) is 1. The Labute approximate surface area is 161 Å². The van der Waals surface area contributed by atoms with E-state index in [4.69, 9.17) is 14.0 Å². The first-order valence-electron chi connectivity index (χ1n) is 8.89. The number of benzene rings is 1. The van der Waals surface area contributed by atoms with Gasteiger partial charge in [-0.3, -0.25) is 4.57 Å². The smallest absolute Gasteiger partial charge is 0.408 e. The quantitative estimate of drug-likeness (QED) is 0.498. The van der Waals surface area contributed by atoms with Gasteiger partial charge in [-0.05, 0) is 17.4 Å². The molecule has 152 valence electrons. The lowest BCUT2D eigenvalue weighted by atomic mass is 10.1. The van der Waals surface area contributed by atoms with Gasteiger partial charge in [0, 0.05) is 6.66 Å². The molecule has 0 radical (unpaired) electrons. The summed E-state index contributed by atoms with van der Waals surface area (Å²) in [5.74, 6) is -1.83. The standard InChI is InChI=1S/C19H30NO6P/c1-13(2)16(18(21)24-5)26-27(6,23)17(14(3)4)20-19(22)25-12-15-10-8-7-9-11-15/h7-11,13-14,16-17H,12H2,1-6H3,(H,20,22)/t16-,17+,27?/m0/s1. The molecule has 0 fully saturated rings. The molecule has 3 atom stereocenters. The summed E-state index contributed by atoms with van der Waals surface area (Å²) in [5.41, 5.74) is 0.843. The zero-order valence-electron chi connectivity index (χ0n) is 16.8. The van der Waals surface area contributed by atoms with Gasteiger partial charge in [-0.2, -0.15) is 0 Å². The number of carbonyl (C=O) groups is 2. The highest BCUT2D eigenvalue weighted by Gasteiger charge is 2.39. The average Bonchev–Trinajstić information content (AvgIpc) is 2.62. The Morgan fingerprint density at radius 3 is 2.15 bits per heavy atom. The monoisotopic (exact) mass is 399 g/mol. The fourth-order valence-corrected chi connectivity index (χ4v) is 4.89. The molecule has 1 rings (SSSR count). The first-order chi connectivity index (χ1) is 12.6. The minimum Gasteiger partial charge on any atom is -0.467 e. The minimum absolute atomic E-state index is 0.100. The molecule has 0 aliphatic carbocycles. The third kappa shape index (κ3) is 7.35. The molecule has 8 heteroatoms. The molecule has 1 unspecified atom stereocenters. The first-order valence-corrected chi connectivity index (χ1v) is 11.0. The van der Waals surface area contributed by atoms with Crippen molar-refractivity contribution >= 4 is 19.4 Å². The third-order valence-electron chi connectivity index (χ3n) is 3.98. The van der Waals surface area contributed by atoms with Gasteiger partial charge in [0.05, 0.1) is 7.11 Å². The van der Waals surface area contributed by atoms with Crippen LogP contribution in [-0.2, 0) is 30.0 Å².